The summed E-state index contributed by atoms with van der Waals surface area (Å²) in [6.07, 6.45) is 6.46. The van der Waals surface area contributed by atoms with Crippen LogP contribution >= 0.6 is 0 Å². The van der Waals surface area contributed by atoms with E-state index < -0.39 is 0 Å². The van der Waals surface area contributed by atoms with Gasteiger partial charge in [0.25, 0.3) is 0 Å². The first-order chi connectivity index (χ1) is 5.95. The molecule has 0 aliphatic carbocycles. The van der Waals surface area contributed by atoms with Crippen LogP contribution in [0.25, 0.3) is 12.2 Å². The fourth-order valence-corrected chi connectivity index (χ4v) is 0.706. The molecule has 0 unspecified atom stereocenters. The molecular formula is C6H5N5O. The molecule has 0 aromatic carbocycles. The van der Waals surface area contributed by atoms with E-state index in [2.05, 4.69) is 30.1 Å². The molecule has 12 heavy (non-hydrogen) atoms. The summed E-state index contributed by atoms with van der Waals surface area (Å²) in [4.78, 5) is 2.81. The third-order valence-electron chi connectivity index (χ3n) is 1.23. The van der Waals surface area contributed by atoms with Gasteiger partial charge in [-0.15, -0.1) is 10.2 Å². The summed E-state index contributed by atoms with van der Waals surface area (Å²) in [5, 5.41) is 14.4. The van der Waals surface area contributed by atoms with Crippen LogP contribution in [0.1, 0.15) is 11.5 Å². The van der Waals surface area contributed by atoms with Crippen molar-refractivity contribution in [3.05, 3.63) is 24.0 Å². The van der Waals surface area contributed by atoms with E-state index in [9.17, 15) is 0 Å². The van der Waals surface area contributed by atoms with Crippen LogP contribution in [0.4, 0.5) is 0 Å². The maximum Gasteiger partial charge on any atom is 0.153 e. The second-order valence-corrected chi connectivity index (χ2v) is 2.04. The normalized spacial score (nSPS) is 11.0. The first-order valence-electron chi connectivity index (χ1n) is 3.27. The Morgan fingerprint density at radius 3 is 3.08 bits per heavy atom. The van der Waals surface area contributed by atoms with Crippen LogP contribution in [-0.4, -0.2) is 25.5 Å². The fourth-order valence-electron chi connectivity index (χ4n) is 0.706. The SMILES string of the molecule is C(=Cc1nnc[nH]1)c1cnon1. The van der Waals surface area contributed by atoms with Gasteiger partial charge in [-0.2, -0.15) is 0 Å². The Balaban J connectivity index is 2.14. The molecule has 0 fully saturated rings. The molecule has 1 N–H and O–H groups in total. The predicted octanol–water partition coefficient (Wildman–Crippen LogP) is 0.358. The van der Waals surface area contributed by atoms with E-state index >= 15 is 0 Å². The molecule has 0 saturated carbocycles. The quantitative estimate of drug-likeness (QED) is 0.691. The summed E-state index contributed by atoms with van der Waals surface area (Å²) in [5.74, 6) is 0.665. The van der Waals surface area contributed by atoms with Gasteiger partial charge in [-0.3, -0.25) is 0 Å². The van der Waals surface area contributed by atoms with Gasteiger partial charge in [0.15, 0.2) is 5.82 Å². The Kier molecular flexibility index (Phi) is 1.65. The fraction of sp³-hybridized carbons (Fsp3) is 0. The van der Waals surface area contributed by atoms with E-state index in [4.69, 9.17) is 0 Å². The molecule has 2 aromatic heterocycles. The zero-order valence-corrected chi connectivity index (χ0v) is 6.01. The van der Waals surface area contributed by atoms with Crippen LogP contribution in [0.15, 0.2) is 17.2 Å². The molecular weight excluding hydrogens is 158 g/mol. The lowest BCUT2D eigenvalue weighted by molar-refractivity contribution is 0.306. The minimum Gasteiger partial charge on any atom is -0.328 e. The molecule has 0 spiro atoms. The Morgan fingerprint density at radius 2 is 2.42 bits per heavy atom. The van der Waals surface area contributed by atoms with E-state index in [0.717, 1.165) is 0 Å². The average Bonchev–Trinajstić information content (AvgIpc) is 2.74. The Hall–Kier alpha value is -1.98. The molecule has 0 radical (unpaired) electrons. The highest BCUT2D eigenvalue weighted by atomic mass is 16.6. The van der Waals surface area contributed by atoms with Crippen LogP contribution < -0.4 is 0 Å². The van der Waals surface area contributed by atoms with Crippen molar-refractivity contribution in [3.63, 3.8) is 0 Å². The molecule has 6 heteroatoms. The maximum atomic E-state index is 4.39. The first-order valence-corrected chi connectivity index (χ1v) is 3.27. The highest BCUT2D eigenvalue weighted by Crippen LogP contribution is 1.98. The number of rotatable bonds is 2. The number of hydrogen-bond donors (Lipinski definition) is 1. The van der Waals surface area contributed by atoms with Crippen molar-refractivity contribution in [3.8, 4) is 0 Å². The number of nitrogens with one attached hydrogen (secondary N) is 1. The Morgan fingerprint density at radius 1 is 1.42 bits per heavy atom. The van der Waals surface area contributed by atoms with E-state index in [1.807, 2.05) is 0 Å². The maximum absolute atomic E-state index is 4.39. The largest absolute Gasteiger partial charge is 0.328 e. The minimum atomic E-state index is 0.645. The van der Waals surface area contributed by atoms with E-state index in [0.29, 0.717) is 11.5 Å². The number of hydrogen-bond acceptors (Lipinski definition) is 5. The third-order valence-corrected chi connectivity index (χ3v) is 1.23. The third kappa shape index (κ3) is 1.36. The summed E-state index contributed by atoms with van der Waals surface area (Å²) in [7, 11) is 0. The van der Waals surface area contributed by atoms with Gasteiger partial charge in [-0.05, 0) is 12.2 Å². The van der Waals surface area contributed by atoms with Crippen LogP contribution in [0.2, 0.25) is 0 Å². The van der Waals surface area contributed by atoms with Gasteiger partial charge in [-0.25, -0.2) is 4.63 Å². The minimum absolute atomic E-state index is 0.645. The summed E-state index contributed by atoms with van der Waals surface area (Å²) in [6.45, 7) is 0. The van der Waals surface area contributed by atoms with Gasteiger partial charge in [0.2, 0.25) is 0 Å². The predicted molar refractivity (Wildman–Crippen MR) is 39.6 cm³/mol. The number of aromatic nitrogens is 5. The molecule has 2 heterocycles. The standard InChI is InChI=1S/C6H5N5O/c1(5-3-9-12-11-5)2-6-7-4-8-10-6/h1-4H,(H,7,8,10). The highest BCUT2D eigenvalue weighted by Gasteiger charge is 1.91. The second-order valence-electron chi connectivity index (χ2n) is 2.04. The highest BCUT2D eigenvalue weighted by molar-refractivity contribution is 5.63. The molecule has 0 atom stereocenters. The molecule has 2 rings (SSSR count). The number of H-pyrrole nitrogens is 1. The molecule has 0 saturated heterocycles. The lowest BCUT2D eigenvalue weighted by atomic mass is 10.4. The van der Waals surface area contributed by atoms with Crippen LogP contribution in [0, 0.1) is 0 Å². The summed E-state index contributed by atoms with van der Waals surface area (Å²) >= 11 is 0. The van der Waals surface area contributed by atoms with E-state index in [1.165, 1.54) is 12.5 Å². The van der Waals surface area contributed by atoms with Crippen molar-refractivity contribution in [2.24, 2.45) is 0 Å². The van der Waals surface area contributed by atoms with Crippen LogP contribution in [0.3, 0.4) is 0 Å². The Labute approximate surface area is 67.3 Å². The molecule has 2 aromatic rings. The van der Waals surface area contributed by atoms with E-state index in [1.54, 1.807) is 12.2 Å². The zero-order valence-electron chi connectivity index (χ0n) is 6.01. The summed E-state index contributed by atoms with van der Waals surface area (Å²) in [5.41, 5.74) is 0.645. The van der Waals surface area contributed by atoms with Crippen molar-refractivity contribution in [2.75, 3.05) is 0 Å². The second kappa shape index (κ2) is 2.95. The van der Waals surface area contributed by atoms with Gasteiger partial charge < -0.3 is 4.98 Å². The average molecular weight is 163 g/mol. The lowest BCUT2D eigenvalue weighted by Gasteiger charge is -1.78. The topological polar surface area (TPSA) is 80.5 Å². The van der Waals surface area contributed by atoms with E-state index in [-0.39, 0.29) is 0 Å². The zero-order chi connectivity index (χ0) is 8.23. The van der Waals surface area contributed by atoms with Gasteiger partial charge in [0, 0.05) is 0 Å². The number of nitrogens with zero attached hydrogens (tertiary/aromatic N) is 4. The monoisotopic (exact) mass is 163 g/mol. The lowest BCUT2D eigenvalue weighted by Crippen LogP contribution is -1.74. The first kappa shape index (κ1) is 6.71. The summed E-state index contributed by atoms with van der Waals surface area (Å²) < 4.78 is 4.39. The van der Waals surface area contributed by atoms with Gasteiger partial charge in [0.1, 0.15) is 12.0 Å². The van der Waals surface area contributed by atoms with Crippen LogP contribution in [0.5, 0.6) is 0 Å². The van der Waals surface area contributed by atoms with Gasteiger partial charge >= 0.3 is 0 Å². The Bertz CT molecular complexity index is 313. The number of aromatic amines is 1. The smallest absolute Gasteiger partial charge is 0.153 e. The molecule has 6 nitrogen and oxygen atoms in total. The van der Waals surface area contributed by atoms with Crippen LogP contribution in [-0.2, 0) is 0 Å². The van der Waals surface area contributed by atoms with Crippen molar-refractivity contribution in [1.29, 1.82) is 0 Å². The molecule has 0 bridgehead atoms. The van der Waals surface area contributed by atoms with Crippen molar-refractivity contribution < 1.29 is 4.63 Å². The van der Waals surface area contributed by atoms with Crippen molar-refractivity contribution in [2.45, 2.75) is 0 Å². The van der Waals surface area contributed by atoms with Crippen molar-refractivity contribution >= 4 is 12.2 Å². The summed E-state index contributed by atoms with van der Waals surface area (Å²) in [6, 6.07) is 0. The molecule has 0 aliphatic heterocycles. The van der Waals surface area contributed by atoms with Gasteiger partial charge in [-0.1, -0.05) is 10.3 Å². The molecule has 60 valence electrons. The molecule has 0 amide bonds. The van der Waals surface area contributed by atoms with Gasteiger partial charge in [0.05, 0.1) is 6.20 Å². The van der Waals surface area contributed by atoms with Crippen molar-refractivity contribution in [1.82, 2.24) is 25.5 Å². The molecule has 0 aliphatic rings.